The van der Waals surface area contributed by atoms with Crippen LogP contribution >= 0.6 is 34.8 Å². The van der Waals surface area contributed by atoms with Crippen molar-refractivity contribution in [2.75, 3.05) is 11.9 Å². The van der Waals surface area contributed by atoms with E-state index in [4.69, 9.17) is 44.1 Å². The lowest BCUT2D eigenvalue weighted by molar-refractivity contribution is 0.0588. The van der Waals surface area contributed by atoms with Crippen LogP contribution in [0.15, 0.2) is 28.9 Å². The van der Waals surface area contributed by atoms with Crippen LogP contribution in [0.5, 0.6) is 0 Å². The van der Waals surface area contributed by atoms with Crippen LogP contribution < -0.4 is 4.90 Å². The topological polar surface area (TPSA) is 81.4 Å². The fourth-order valence-electron chi connectivity index (χ4n) is 2.67. The highest BCUT2D eigenvalue weighted by Crippen LogP contribution is 2.40. The molecule has 158 valence electrons. The van der Waals surface area contributed by atoms with Gasteiger partial charge in [-0.1, -0.05) is 40.0 Å². The number of anilines is 1. The first kappa shape index (κ1) is 22.3. The summed E-state index contributed by atoms with van der Waals surface area (Å²) in [5.74, 6) is 0.961. The largest absolute Gasteiger partial charge is 0.443 e. The summed E-state index contributed by atoms with van der Waals surface area (Å²) >= 11 is 19.1. The highest BCUT2D eigenvalue weighted by molar-refractivity contribution is 6.37. The molecule has 7 nitrogen and oxygen atoms in total. The molecule has 3 rings (SSSR count). The molecule has 2 aromatic heterocycles. The minimum Gasteiger partial charge on any atom is -0.443 e. The van der Waals surface area contributed by atoms with Crippen LogP contribution in [0.4, 0.5) is 10.6 Å². The smallest absolute Gasteiger partial charge is 0.415 e. The normalized spacial score (nSPS) is 11.5. The van der Waals surface area contributed by atoms with Crippen LogP contribution in [0.25, 0.3) is 22.5 Å². The summed E-state index contributed by atoms with van der Waals surface area (Å²) < 4.78 is 10.4. The molecule has 0 atom stereocenters. The summed E-state index contributed by atoms with van der Waals surface area (Å²) in [7, 11) is 1.53. The molecule has 1 amide bonds. The van der Waals surface area contributed by atoms with Crippen LogP contribution in [0.1, 0.15) is 26.7 Å². The summed E-state index contributed by atoms with van der Waals surface area (Å²) in [4.78, 5) is 22.2. The predicted molar refractivity (Wildman–Crippen MR) is 117 cm³/mol. The van der Waals surface area contributed by atoms with Gasteiger partial charge < -0.3 is 9.26 Å². The maximum absolute atomic E-state index is 12.3. The van der Waals surface area contributed by atoms with Gasteiger partial charge in [0, 0.05) is 36.3 Å². The van der Waals surface area contributed by atoms with E-state index in [1.54, 1.807) is 52.1 Å². The highest BCUT2D eigenvalue weighted by Gasteiger charge is 2.24. The van der Waals surface area contributed by atoms with Crippen LogP contribution in [0.3, 0.4) is 0 Å². The predicted octanol–water partition coefficient (Wildman–Crippen LogP) is 6.44. The van der Waals surface area contributed by atoms with Crippen molar-refractivity contribution in [1.82, 2.24) is 15.1 Å². The Kier molecular flexibility index (Phi) is 6.26. The van der Waals surface area contributed by atoms with Crippen molar-refractivity contribution >= 4 is 46.7 Å². The van der Waals surface area contributed by atoms with E-state index in [2.05, 4.69) is 15.1 Å². The second kappa shape index (κ2) is 8.41. The monoisotopic (exact) mass is 468 g/mol. The van der Waals surface area contributed by atoms with Crippen molar-refractivity contribution in [3.05, 3.63) is 45.4 Å². The molecule has 0 saturated carbocycles. The van der Waals surface area contributed by atoms with Gasteiger partial charge in [-0.25, -0.2) is 9.78 Å². The first-order valence-corrected chi connectivity index (χ1v) is 10.0. The van der Waals surface area contributed by atoms with Gasteiger partial charge in [0.1, 0.15) is 5.60 Å². The third-order valence-corrected chi connectivity index (χ3v) is 4.72. The number of hydrogen-bond acceptors (Lipinski definition) is 6. The van der Waals surface area contributed by atoms with Crippen molar-refractivity contribution in [1.29, 1.82) is 0 Å². The van der Waals surface area contributed by atoms with E-state index < -0.39 is 11.7 Å². The second-order valence-electron chi connectivity index (χ2n) is 7.52. The van der Waals surface area contributed by atoms with E-state index >= 15 is 0 Å². The molecule has 0 radical (unpaired) electrons. The lowest BCUT2D eigenvalue weighted by atomic mass is 10.0. The fraction of sp³-hybridized carbons (Fsp3) is 0.300. The Bertz CT molecular complexity index is 1110. The number of benzene rings is 1. The average Bonchev–Trinajstić information content (AvgIpc) is 3.04. The Morgan fingerprint density at radius 1 is 1.13 bits per heavy atom. The number of aromatic nitrogens is 3. The van der Waals surface area contributed by atoms with E-state index in [9.17, 15) is 4.79 Å². The Morgan fingerprint density at radius 3 is 2.40 bits per heavy atom. The van der Waals surface area contributed by atoms with E-state index in [-0.39, 0.29) is 10.8 Å². The third-order valence-electron chi connectivity index (χ3n) is 3.92. The molecule has 0 saturated heterocycles. The van der Waals surface area contributed by atoms with E-state index in [1.807, 2.05) is 0 Å². The molecule has 2 heterocycles. The maximum atomic E-state index is 12.3. The molecule has 0 aliphatic carbocycles. The molecule has 0 bridgehead atoms. The summed E-state index contributed by atoms with van der Waals surface area (Å²) in [5.41, 5.74) is 1.12. The number of pyridine rings is 1. The van der Waals surface area contributed by atoms with Crippen LogP contribution in [-0.4, -0.2) is 33.9 Å². The highest BCUT2D eigenvalue weighted by atomic mass is 35.5. The lowest BCUT2D eigenvalue weighted by Crippen LogP contribution is -2.34. The number of hydrogen-bond donors (Lipinski definition) is 0. The number of nitrogens with zero attached hydrogens (tertiary/aromatic N) is 4. The molecule has 0 aliphatic heterocycles. The van der Waals surface area contributed by atoms with Gasteiger partial charge in [-0.3, -0.25) is 4.90 Å². The van der Waals surface area contributed by atoms with Crippen LogP contribution in [0, 0.1) is 6.92 Å². The first-order valence-electron chi connectivity index (χ1n) is 8.88. The Balaban J connectivity index is 2.04. The number of ether oxygens (including phenoxy) is 1. The first-order chi connectivity index (χ1) is 14.0. The molecule has 0 N–H and O–H groups in total. The van der Waals surface area contributed by atoms with Gasteiger partial charge in [0.25, 0.3) is 0 Å². The van der Waals surface area contributed by atoms with Gasteiger partial charge in [-0.05, 0) is 44.5 Å². The summed E-state index contributed by atoms with van der Waals surface area (Å²) in [6.45, 7) is 7.02. The Morgan fingerprint density at radius 2 is 1.83 bits per heavy atom. The summed E-state index contributed by atoms with van der Waals surface area (Å²) in [6.07, 6.45) is 0.985. The molecule has 0 aliphatic rings. The van der Waals surface area contributed by atoms with E-state index in [1.165, 1.54) is 11.9 Å². The zero-order chi connectivity index (χ0) is 22.2. The summed E-state index contributed by atoms with van der Waals surface area (Å²) in [5, 5.41) is 4.97. The summed E-state index contributed by atoms with van der Waals surface area (Å²) in [6, 6.07) is 4.95. The number of rotatable bonds is 3. The molecule has 0 unspecified atom stereocenters. The van der Waals surface area contributed by atoms with Crippen LogP contribution in [-0.2, 0) is 4.74 Å². The quantitative estimate of drug-likeness (QED) is 0.439. The van der Waals surface area contributed by atoms with Crippen molar-refractivity contribution in [2.24, 2.45) is 0 Å². The van der Waals surface area contributed by atoms with Gasteiger partial charge in [-0.2, -0.15) is 4.98 Å². The molecule has 0 spiro atoms. The van der Waals surface area contributed by atoms with Gasteiger partial charge >= 0.3 is 6.09 Å². The second-order valence-corrected chi connectivity index (χ2v) is 8.77. The zero-order valence-electron chi connectivity index (χ0n) is 17.0. The molecule has 1 aromatic carbocycles. The number of halogens is 3. The number of carbonyl (C=O) groups excluding carboxylic acids is 1. The molecular formula is C20H19Cl3N4O3. The van der Waals surface area contributed by atoms with Gasteiger partial charge in [0.05, 0.1) is 10.0 Å². The van der Waals surface area contributed by atoms with Gasteiger partial charge in [0.15, 0.2) is 5.82 Å². The van der Waals surface area contributed by atoms with Crippen molar-refractivity contribution in [3.8, 4) is 22.5 Å². The van der Waals surface area contributed by atoms with E-state index in [0.29, 0.717) is 38.5 Å². The Labute approximate surface area is 188 Å². The van der Waals surface area contributed by atoms with Crippen LogP contribution in [0.2, 0.25) is 15.1 Å². The molecular weight excluding hydrogens is 451 g/mol. The maximum Gasteiger partial charge on any atom is 0.415 e. The van der Waals surface area contributed by atoms with Gasteiger partial charge in [0.2, 0.25) is 11.7 Å². The van der Waals surface area contributed by atoms with Crippen molar-refractivity contribution < 1.29 is 14.1 Å². The molecule has 0 fully saturated rings. The van der Waals surface area contributed by atoms with E-state index in [0.717, 1.165) is 0 Å². The number of amides is 1. The number of carbonyl (C=O) groups is 1. The number of aryl methyl sites for hydroxylation is 1. The minimum absolute atomic E-state index is 0.243. The SMILES string of the molecule is Cc1nc(-c2c(Cl)cc(Cl)cc2-c2cnc(N(C)C(=O)OC(C)(C)C)c(Cl)c2)no1. The average molecular weight is 470 g/mol. The fourth-order valence-corrected chi connectivity index (χ4v) is 3.54. The van der Waals surface area contributed by atoms with Crippen molar-refractivity contribution in [3.63, 3.8) is 0 Å². The lowest BCUT2D eigenvalue weighted by Gasteiger charge is -2.24. The molecule has 30 heavy (non-hydrogen) atoms. The third kappa shape index (κ3) is 4.86. The molecule has 10 heteroatoms. The standard InChI is InChI=1S/C20H19Cl3N4O3/c1-10-25-17(26-30-10)16-13(7-12(21)8-14(16)22)11-6-15(23)18(24-9-11)27(5)19(28)29-20(2,3)4/h6-9H,1-5H3. The molecule has 3 aromatic rings. The van der Waals surface area contributed by atoms with Gasteiger partial charge in [-0.15, -0.1) is 0 Å². The van der Waals surface area contributed by atoms with Crippen molar-refractivity contribution in [2.45, 2.75) is 33.3 Å². The minimum atomic E-state index is -0.646. The Hall–Kier alpha value is -2.35. The zero-order valence-corrected chi connectivity index (χ0v) is 19.2.